The molecule has 0 aliphatic rings. The Balaban J connectivity index is 2.69. The molecule has 0 aliphatic heterocycles. The lowest BCUT2D eigenvalue weighted by atomic mass is 10.1. The van der Waals surface area contributed by atoms with E-state index in [1.165, 1.54) is 12.1 Å². The van der Waals surface area contributed by atoms with Crippen molar-refractivity contribution in [3.8, 4) is 5.75 Å². The molecule has 1 aromatic carbocycles. The monoisotopic (exact) mass is 241 g/mol. The highest BCUT2D eigenvalue weighted by atomic mass is 19.1. The predicted molar refractivity (Wildman–Crippen MR) is 65.9 cm³/mol. The minimum absolute atomic E-state index is 0.0584. The van der Waals surface area contributed by atoms with Gasteiger partial charge in [-0.15, -0.1) is 0 Å². The molecule has 1 rings (SSSR count). The van der Waals surface area contributed by atoms with Crippen LogP contribution in [0.5, 0.6) is 5.75 Å². The fraction of sp³-hybridized carbons (Fsp3) is 0.538. The van der Waals surface area contributed by atoms with Gasteiger partial charge >= 0.3 is 0 Å². The van der Waals surface area contributed by atoms with Crippen molar-refractivity contribution in [3.63, 3.8) is 0 Å². The van der Waals surface area contributed by atoms with Crippen LogP contribution < -0.4 is 10.1 Å². The Morgan fingerprint density at radius 2 is 2.12 bits per heavy atom. The zero-order valence-corrected chi connectivity index (χ0v) is 10.6. The summed E-state index contributed by atoms with van der Waals surface area (Å²) < 4.78 is 23.8. The number of hydrogen-bond donors (Lipinski definition) is 1. The largest absolute Gasteiger partial charge is 0.493 e. The van der Waals surface area contributed by atoms with Gasteiger partial charge in [0.1, 0.15) is 11.6 Å². The topological polar surface area (TPSA) is 30.5 Å². The Hall–Kier alpha value is -1.13. The Kier molecular flexibility index (Phi) is 5.94. The molecule has 0 aliphatic carbocycles. The van der Waals surface area contributed by atoms with Crippen molar-refractivity contribution >= 4 is 0 Å². The molecule has 1 atom stereocenters. The fourth-order valence-electron chi connectivity index (χ4n) is 1.53. The molecule has 0 heterocycles. The Morgan fingerprint density at radius 3 is 2.76 bits per heavy atom. The van der Waals surface area contributed by atoms with Crippen molar-refractivity contribution in [2.45, 2.75) is 19.4 Å². The predicted octanol–water partition coefficient (Wildman–Crippen LogP) is 2.52. The van der Waals surface area contributed by atoms with E-state index >= 15 is 0 Å². The quantitative estimate of drug-likeness (QED) is 0.744. The second-order valence-corrected chi connectivity index (χ2v) is 3.89. The standard InChI is InChI=1S/C13H20FNO2/c1-10(15-2)12-9-11(14)5-6-13(12)17-8-4-7-16-3/h5-6,9-10,15H,4,7-8H2,1-3H3. The van der Waals surface area contributed by atoms with Crippen LogP contribution >= 0.6 is 0 Å². The molecule has 1 aromatic rings. The van der Waals surface area contributed by atoms with Gasteiger partial charge in [0.2, 0.25) is 0 Å². The highest BCUT2D eigenvalue weighted by molar-refractivity contribution is 5.36. The van der Waals surface area contributed by atoms with Gasteiger partial charge in [-0.3, -0.25) is 0 Å². The first-order valence-electron chi connectivity index (χ1n) is 5.77. The van der Waals surface area contributed by atoms with Crippen LogP contribution in [0.3, 0.4) is 0 Å². The second kappa shape index (κ2) is 7.25. The van der Waals surface area contributed by atoms with Crippen LogP contribution in [-0.4, -0.2) is 27.4 Å². The number of ether oxygens (including phenoxy) is 2. The van der Waals surface area contributed by atoms with Gasteiger partial charge in [0.25, 0.3) is 0 Å². The van der Waals surface area contributed by atoms with Crippen LogP contribution in [0, 0.1) is 5.82 Å². The summed E-state index contributed by atoms with van der Waals surface area (Å²) in [4.78, 5) is 0. The Morgan fingerprint density at radius 1 is 1.35 bits per heavy atom. The molecule has 0 fully saturated rings. The highest BCUT2D eigenvalue weighted by Crippen LogP contribution is 2.25. The van der Waals surface area contributed by atoms with Gasteiger partial charge in [0, 0.05) is 31.7 Å². The van der Waals surface area contributed by atoms with E-state index in [2.05, 4.69) is 5.32 Å². The van der Waals surface area contributed by atoms with Crippen LogP contribution in [0.25, 0.3) is 0 Å². The molecule has 4 heteroatoms. The summed E-state index contributed by atoms with van der Waals surface area (Å²) >= 11 is 0. The summed E-state index contributed by atoms with van der Waals surface area (Å²) in [5, 5.41) is 3.08. The summed E-state index contributed by atoms with van der Waals surface area (Å²) in [6.45, 7) is 3.21. The van der Waals surface area contributed by atoms with Crippen molar-refractivity contribution in [2.24, 2.45) is 0 Å². The third-order valence-corrected chi connectivity index (χ3v) is 2.62. The molecule has 0 bridgehead atoms. The van der Waals surface area contributed by atoms with Crippen molar-refractivity contribution in [3.05, 3.63) is 29.6 Å². The summed E-state index contributed by atoms with van der Waals surface area (Å²) in [6.07, 6.45) is 0.821. The number of benzene rings is 1. The zero-order valence-electron chi connectivity index (χ0n) is 10.6. The SMILES string of the molecule is CNC(C)c1cc(F)ccc1OCCCOC. The van der Waals surface area contributed by atoms with Crippen molar-refractivity contribution < 1.29 is 13.9 Å². The van der Waals surface area contributed by atoms with Gasteiger partial charge in [-0.1, -0.05) is 0 Å². The number of rotatable bonds is 7. The number of methoxy groups -OCH3 is 1. The molecule has 0 amide bonds. The van der Waals surface area contributed by atoms with Crippen molar-refractivity contribution in [1.82, 2.24) is 5.32 Å². The third kappa shape index (κ3) is 4.32. The van der Waals surface area contributed by atoms with Crippen LogP contribution in [0.4, 0.5) is 4.39 Å². The van der Waals surface area contributed by atoms with Gasteiger partial charge < -0.3 is 14.8 Å². The Labute approximate surface area is 102 Å². The second-order valence-electron chi connectivity index (χ2n) is 3.89. The van der Waals surface area contributed by atoms with Crippen LogP contribution in [0.2, 0.25) is 0 Å². The van der Waals surface area contributed by atoms with E-state index in [0.29, 0.717) is 13.2 Å². The maximum atomic E-state index is 13.2. The number of hydrogen-bond acceptors (Lipinski definition) is 3. The van der Waals surface area contributed by atoms with E-state index in [1.54, 1.807) is 13.2 Å². The number of halogens is 1. The normalized spacial score (nSPS) is 12.5. The van der Waals surface area contributed by atoms with Crippen LogP contribution in [-0.2, 0) is 4.74 Å². The van der Waals surface area contributed by atoms with Gasteiger partial charge in [0.15, 0.2) is 0 Å². The third-order valence-electron chi connectivity index (χ3n) is 2.62. The first kappa shape index (κ1) is 13.9. The van der Waals surface area contributed by atoms with E-state index in [1.807, 2.05) is 14.0 Å². The van der Waals surface area contributed by atoms with Crippen LogP contribution in [0.1, 0.15) is 24.9 Å². The van der Waals surface area contributed by atoms with E-state index in [-0.39, 0.29) is 11.9 Å². The molecule has 1 N–H and O–H groups in total. The average molecular weight is 241 g/mol. The lowest BCUT2D eigenvalue weighted by Gasteiger charge is -2.16. The van der Waals surface area contributed by atoms with Gasteiger partial charge in [0.05, 0.1) is 6.61 Å². The molecule has 17 heavy (non-hydrogen) atoms. The van der Waals surface area contributed by atoms with E-state index in [0.717, 1.165) is 17.7 Å². The zero-order chi connectivity index (χ0) is 12.7. The van der Waals surface area contributed by atoms with Gasteiger partial charge in [-0.05, 0) is 32.2 Å². The molecule has 0 saturated heterocycles. The highest BCUT2D eigenvalue weighted by Gasteiger charge is 2.11. The molecule has 0 radical (unpaired) electrons. The number of nitrogens with one attached hydrogen (secondary N) is 1. The first-order chi connectivity index (χ1) is 8.19. The van der Waals surface area contributed by atoms with Gasteiger partial charge in [-0.25, -0.2) is 4.39 Å². The molecule has 0 aromatic heterocycles. The summed E-state index contributed by atoms with van der Waals surface area (Å²) in [5.74, 6) is 0.482. The minimum Gasteiger partial charge on any atom is -0.493 e. The van der Waals surface area contributed by atoms with E-state index in [9.17, 15) is 4.39 Å². The molecule has 1 unspecified atom stereocenters. The fourth-order valence-corrected chi connectivity index (χ4v) is 1.53. The average Bonchev–Trinajstić information content (AvgIpc) is 2.35. The van der Waals surface area contributed by atoms with Crippen LogP contribution in [0.15, 0.2) is 18.2 Å². The van der Waals surface area contributed by atoms with E-state index in [4.69, 9.17) is 9.47 Å². The molecule has 96 valence electrons. The molecular formula is C13H20FNO2. The molecule has 0 saturated carbocycles. The van der Waals surface area contributed by atoms with Crippen molar-refractivity contribution in [2.75, 3.05) is 27.4 Å². The summed E-state index contributed by atoms with van der Waals surface area (Å²) in [5.41, 5.74) is 0.838. The first-order valence-corrected chi connectivity index (χ1v) is 5.77. The molecular weight excluding hydrogens is 221 g/mol. The maximum Gasteiger partial charge on any atom is 0.124 e. The van der Waals surface area contributed by atoms with Gasteiger partial charge in [-0.2, -0.15) is 0 Å². The lowest BCUT2D eigenvalue weighted by molar-refractivity contribution is 0.171. The summed E-state index contributed by atoms with van der Waals surface area (Å²) in [6, 6.07) is 4.65. The minimum atomic E-state index is -0.244. The van der Waals surface area contributed by atoms with E-state index < -0.39 is 0 Å². The molecule has 3 nitrogen and oxygen atoms in total. The maximum absolute atomic E-state index is 13.2. The summed E-state index contributed by atoms with van der Waals surface area (Å²) in [7, 11) is 3.50. The molecule has 0 spiro atoms. The Bertz CT molecular complexity index is 344. The lowest BCUT2D eigenvalue weighted by Crippen LogP contribution is -2.14. The van der Waals surface area contributed by atoms with Crippen molar-refractivity contribution in [1.29, 1.82) is 0 Å². The smallest absolute Gasteiger partial charge is 0.124 e.